The maximum absolute atomic E-state index is 14.6. The van der Waals surface area contributed by atoms with Crippen molar-refractivity contribution in [2.45, 2.75) is 44.5 Å². The lowest BCUT2D eigenvalue weighted by Gasteiger charge is -2.40. The summed E-state index contributed by atoms with van der Waals surface area (Å²) in [4.78, 5) is 3.94. The van der Waals surface area contributed by atoms with E-state index in [1.807, 2.05) is 0 Å². The van der Waals surface area contributed by atoms with Gasteiger partial charge in [-0.3, -0.25) is 0 Å². The van der Waals surface area contributed by atoms with Crippen LogP contribution in [0.1, 0.15) is 26.3 Å². The van der Waals surface area contributed by atoms with Crippen molar-refractivity contribution < 1.29 is 22.3 Å². The highest BCUT2D eigenvalue weighted by molar-refractivity contribution is 5.75. The maximum atomic E-state index is 14.6. The van der Waals surface area contributed by atoms with E-state index in [0.717, 1.165) is 6.07 Å². The fourth-order valence-electron chi connectivity index (χ4n) is 2.39. The van der Waals surface area contributed by atoms with Gasteiger partial charge in [-0.05, 0) is 13.0 Å². The summed E-state index contributed by atoms with van der Waals surface area (Å²) in [7, 11) is 0. The summed E-state index contributed by atoms with van der Waals surface area (Å²) in [5, 5.41) is 0. The Bertz CT molecular complexity index is 540. The summed E-state index contributed by atoms with van der Waals surface area (Å²) < 4.78 is 60.2. The van der Waals surface area contributed by atoms with Crippen LogP contribution in [0.3, 0.4) is 0 Å². The van der Waals surface area contributed by atoms with E-state index in [1.54, 1.807) is 0 Å². The van der Waals surface area contributed by atoms with Gasteiger partial charge in [-0.1, -0.05) is 18.2 Å². The maximum Gasteiger partial charge on any atom is 0.284 e. The van der Waals surface area contributed by atoms with Crippen molar-refractivity contribution in [3.8, 4) is 0 Å². The predicted molar refractivity (Wildman–Crippen MR) is 67.3 cm³/mol. The smallest absolute Gasteiger partial charge is 0.284 e. The Labute approximate surface area is 114 Å². The van der Waals surface area contributed by atoms with Crippen LogP contribution >= 0.6 is 0 Å². The number of aliphatic imine (C=N–C) groups is 1. The minimum atomic E-state index is -3.40. The molecule has 1 aromatic carbocycles. The first-order valence-electron chi connectivity index (χ1n) is 6.16. The molecule has 3 atom stereocenters. The molecule has 0 fully saturated rings. The Kier molecular flexibility index (Phi) is 3.52. The Hall–Kier alpha value is -1.59. The van der Waals surface area contributed by atoms with Crippen molar-refractivity contribution in [2.75, 3.05) is 0 Å². The van der Waals surface area contributed by atoms with E-state index in [0.29, 0.717) is 6.92 Å². The first-order chi connectivity index (χ1) is 9.16. The average Bonchev–Trinajstić information content (AvgIpc) is 2.33. The first kappa shape index (κ1) is 14.8. The van der Waals surface area contributed by atoms with E-state index in [9.17, 15) is 17.6 Å². The van der Waals surface area contributed by atoms with Crippen LogP contribution in [0.5, 0.6) is 0 Å². The number of rotatable bonds is 2. The molecule has 0 aliphatic carbocycles. The van der Waals surface area contributed by atoms with Crippen molar-refractivity contribution in [3.63, 3.8) is 0 Å². The van der Waals surface area contributed by atoms with Crippen LogP contribution in [0.2, 0.25) is 0 Å². The van der Waals surface area contributed by atoms with Crippen LogP contribution in [0.4, 0.5) is 17.6 Å². The number of hydrogen-bond donors (Lipinski definition) is 0. The third kappa shape index (κ3) is 2.39. The van der Waals surface area contributed by atoms with Crippen molar-refractivity contribution in [2.24, 2.45) is 4.99 Å². The van der Waals surface area contributed by atoms with Gasteiger partial charge in [0.05, 0.1) is 0 Å². The molecule has 2 nitrogen and oxygen atoms in total. The Morgan fingerprint density at radius 1 is 1.30 bits per heavy atom. The van der Waals surface area contributed by atoms with Gasteiger partial charge in [0.25, 0.3) is 5.92 Å². The van der Waals surface area contributed by atoms with Crippen LogP contribution in [-0.4, -0.2) is 24.1 Å². The Morgan fingerprint density at radius 3 is 2.45 bits per heavy atom. The summed E-state index contributed by atoms with van der Waals surface area (Å²) in [6.45, 7) is 3.22. The molecule has 0 bridgehead atoms. The third-order valence-electron chi connectivity index (χ3n) is 3.41. The van der Waals surface area contributed by atoms with Crippen LogP contribution in [0.25, 0.3) is 0 Å². The van der Waals surface area contributed by atoms with Gasteiger partial charge in [0.2, 0.25) is 0 Å². The monoisotopic (exact) mass is 289 g/mol. The molecule has 1 heterocycles. The lowest BCUT2D eigenvalue weighted by molar-refractivity contribution is -0.137. The number of alkyl halides is 3. The molecule has 0 N–H and O–H groups in total. The number of benzene rings is 1. The van der Waals surface area contributed by atoms with Gasteiger partial charge in [-0.25, -0.2) is 22.6 Å². The second-order valence-electron chi connectivity index (χ2n) is 5.15. The Balaban J connectivity index is 2.54. The lowest BCUT2D eigenvalue weighted by atomic mass is 9.82. The average molecular weight is 289 g/mol. The molecule has 0 saturated heterocycles. The molecule has 0 unspecified atom stereocenters. The molecule has 110 valence electrons. The van der Waals surface area contributed by atoms with Gasteiger partial charge < -0.3 is 4.74 Å². The van der Waals surface area contributed by atoms with E-state index in [-0.39, 0.29) is 11.5 Å². The van der Waals surface area contributed by atoms with E-state index < -0.39 is 29.6 Å². The first-order valence-corrected chi connectivity index (χ1v) is 6.16. The molecular formula is C14H15F4NO. The minimum Gasteiger partial charge on any atom is -0.468 e. The molecule has 0 radical (unpaired) electrons. The molecule has 0 amide bonds. The topological polar surface area (TPSA) is 21.6 Å². The largest absolute Gasteiger partial charge is 0.468 e. The highest BCUT2D eigenvalue weighted by Gasteiger charge is 2.55. The van der Waals surface area contributed by atoms with E-state index in [1.165, 1.54) is 32.0 Å². The summed E-state index contributed by atoms with van der Waals surface area (Å²) in [6, 6.07) is 5.44. The van der Waals surface area contributed by atoms with Crippen molar-refractivity contribution in [1.82, 2.24) is 0 Å². The lowest BCUT2D eigenvalue weighted by Crippen LogP contribution is -2.54. The summed E-state index contributed by atoms with van der Waals surface area (Å²) in [5.74, 6) is -4.17. The van der Waals surface area contributed by atoms with Gasteiger partial charge in [-0.15, -0.1) is 0 Å². The van der Waals surface area contributed by atoms with E-state index in [4.69, 9.17) is 4.74 Å². The van der Waals surface area contributed by atoms with Crippen LogP contribution in [0, 0.1) is 5.82 Å². The molecular weight excluding hydrogens is 274 g/mol. The minimum absolute atomic E-state index is 0.0654. The quantitative estimate of drug-likeness (QED) is 0.758. The van der Waals surface area contributed by atoms with Crippen molar-refractivity contribution >= 4 is 5.90 Å². The van der Waals surface area contributed by atoms with Crippen LogP contribution in [0.15, 0.2) is 29.3 Å². The van der Waals surface area contributed by atoms with Crippen molar-refractivity contribution in [3.05, 3.63) is 35.6 Å². The third-order valence-corrected chi connectivity index (χ3v) is 3.41. The predicted octanol–water partition coefficient (Wildman–Crippen LogP) is 3.85. The fraction of sp³-hybridized carbons (Fsp3) is 0.500. The molecule has 1 aromatic rings. The normalized spacial score (nSPS) is 30.6. The molecule has 1 aliphatic heterocycles. The van der Waals surface area contributed by atoms with Crippen LogP contribution in [-0.2, 0) is 10.3 Å². The fourth-order valence-corrected chi connectivity index (χ4v) is 2.39. The molecule has 1 aliphatic rings. The zero-order chi connectivity index (χ0) is 15.1. The second-order valence-corrected chi connectivity index (χ2v) is 5.15. The Morgan fingerprint density at radius 2 is 1.90 bits per heavy atom. The zero-order valence-electron chi connectivity index (χ0n) is 11.3. The standard InChI is InChI=1S/C14H15F4NO/c1-8-19-13(2,9-6-4-5-7-10(9)15)11(16)12(20-8)14(3,17)18/h4-7,11-12H,1-3H3/t11-,12-,13+/m0/s1. The van der Waals surface area contributed by atoms with Gasteiger partial charge >= 0.3 is 0 Å². The molecule has 0 spiro atoms. The molecule has 0 saturated carbocycles. The van der Waals surface area contributed by atoms with Crippen molar-refractivity contribution in [1.29, 1.82) is 0 Å². The molecule has 6 heteroatoms. The molecule has 2 rings (SSSR count). The van der Waals surface area contributed by atoms with Gasteiger partial charge in [0.1, 0.15) is 11.4 Å². The van der Waals surface area contributed by atoms with Gasteiger partial charge in [0.15, 0.2) is 18.2 Å². The molecule has 20 heavy (non-hydrogen) atoms. The summed E-state index contributed by atoms with van der Waals surface area (Å²) in [6.07, 6.45) is -4.16. The highest BCUT2D eigenvalue weighted by Crippen LogP contribution is 2.42. The number of halogens is 4. The number of ether oxygens (including phenoxy) is 1. The highest BCUT2D eigenvalue weighted by atomic mass is 19.3. The van der Waals surface area contributed by atoms with Gasteiger partial charge in [0, 0.05) is 19.4 Å². The SMILES string of the molecule is CC1=N[C@](C)(c2ccccc2F)[C@@H](F)[C@@H](C(C)(F)F)O1. The number of hydrogen-bond acceptors (Lipinski definition) is 2. The van der Waals surface area contributed by atoms with Gasteiger partial charge in [-0.2, -0.15) is 0 Å². The van der Waals surface area contributed by atoms with E-state index >= 15 is 0 Å². The van der Waals surface area contributed by atoms with E-state index in [2.05, 4.69) is 4.99 Å². The zero-order valence-corrected chi connectivity index (χ0v) is 11.3. The molecule has 0 aromatic heterocycles. The summed E-state index contributed by atoms with van der Waals surface area (Å²) >= 11 is 0. The number of nitrogens with zero attached hydrogens (tertiary/aromatic N) is 1. The summed E-state index contributed by atoms with van der Waals surface area (Å²) in [5.41, 5.74) is -1.80. The second kappa shape index (κ2) is 4.75. The van der Waals surface area contributed by atoms with Crippen LogP contribution < -0.4 is 0 Å².